The zero-order valence-electron chi connectivity index (χ0n) is 20.8. The van der Waals surface area contributed by atoms with E-state index < -0.39 is 37.4 Å². The van der Waals surface area contributed by atoms with Crippen molar-refractivity contribution >= 4 is 12.0 Å². The fourth-order valence-electron chi connectivity index (χ4n) is 4.68. The van der Waals surface area contributed by atoms with Crippen LogP contribution >= 0.6 is 0 Å². The summed E-state index contributed by atoms with van der Waals surface area (Å²) in [5, 5.41) is 23.2. The molecule has 0 saturated carbocycles. The molecule has 0 aliphatic carbocycles. The molecular formula is C25H39N3O7. The summed E-state index contributed by atoms with van der Waals surface area (Å²) in [6.45, 7) is 5.40. The van der Waals surface area contributed by atoms with Gasteiger partial charge in [0.05, 0.1) is 24.8 Å². The molecule has 0 spiro atoms. The zero-order chi connectivity index (χ0) is 25.4. The van der Waals surface area contributed by atoms with Crippen molar-refractivity contribution in [1.82, 2.24) is 15.1 Å². The molecule has 1 aromatic rings. The van der Waals surface area contributed by atoms with E-state index in [4.69, 9.17) is 19.3 Å². The molecule has 196 valence electrons. The third-order valence-electron chi connectivity index (χ3n) is 6.45. The Morgan fingerprint density at radius 3 is 2.63 bits per heavy atom. The number of rotatable bonds is 12. The summed E-state index contributed by atoms with van der Waals surface area (Å²) >= 11 is 0. The van der Waals surface area contributed by atoms with Crippen molar-refractivity contribution in [3.05, 3.63) is 35.9 Å². The number of likely N-dealkylation sites (N-methyl/N-ethyl adjacent to an activating group) is 1. The van der Waals surface area contributed by atoms with Crippen LogP contribution in [-0.2, 0) is 25.4 Å². The van der Waals surface area contributed by atoms with Gasteiger partial charge in [0.15, 0.2) is 6.29 Å². The van der Waals surface area contributed by atoms with Gasteiger partial charge < -0.3 is 34.6 Å². The highest BCUT2D eigenvalue weighted by molar-refractivity contribution is 5.83. The van der Waals surface area contributed by atoms with Gasteiger partial charge in [-0.05, 0) is 24.3 Å². The van der Waals surface area contributed by atoms with Crippen molar-refractivity contribution in [2.45, 2.75) is 63.7 Å². The van der Waals surface area contributed by atoms with E-state index in [0.717, 1.165) is 5.56 Å². The quantitative estimate of drug-likeness (QED) is 0.368. The maximum atomic E-state index is 13.0. The lowest BCUT2D eigenvalue weighted by Gasteiger charge is -2.36. The van der Waals surface area contributed by atoms with Crippen LogP contribution in [0.4, 0.5) is 4.79 Å². The van der Waals surface area contributed by atoms with Gasteiger partial charge in [0, 0.05) is 33.1 Å². The van der Waals surface area contributed by atoms with E-state index in [0.29, 0.717) is 38.3 Å². The molecule has 0 unspecified atom stereocenters. The lowest BCUT2D eigenvalue weighted by Crippen LogP contribution is -2.54. The van der Waals surface area contributed by atoms with Crippen LogP contribution in [0.1, 0.15) is 32.3 Å². The second-order valence-electron chi connectivity index (χ2n) is 9.68. The van der Waals surface area contributed by atoms with Crippen LogP contribution < -0.4 is 5.32 Å². The van der Waals surface area contributed by atoms with Gasteiger partial charge in [-0.15, -0.1) is 0 Å². The molecule has 2 fully saturated rings. The van der Waals surface area contributed by atoms with Gasteiger partial charge >= 0.3 is 6.09 Å². The molecule has 5 atom stereocenters. The first-order valence-corrected chi connectivity index (χ1v) is 12.3. The number of amides is 2. The Balaban J connectivity index is 1.72. The summed E-state index contributed by atoms with van der Waals surface area (Å²) in [4.78, 5) is 28.9. The Morgan fingerprint density at radius 1 is 1.26 bits per heavy atom. The molecule has 2 heterocycles. The van der Waals surface area contributed by atoms with Crippen molar-refractivity contribution in [3.63, 3.8) is 0 Å². The standard InChI is InChI=1S/C25H39N3O7/c1-17(2)13-28(20-9-10-26-24(20)31)14-22(30)21(11-18-7-5-4-6-8-18)27(3)25(32)35-19-12-23(33-15-19)34-16-29/h4-8,17,19-23,29-30H,9-16H2,1-3H3,(H,26,31)/t19-,20+,21+,22-,23+/m1/s1. The summed E-state index contributed by atoms with van der Waals surface area (Å²) in [7, 11) is 1.62. The molecule has 2 saturated heterocycles. The third-order valence-corrected chi connectivity index (χ3v) is 6.45. The van der Waals surface area contributed by atoms with Crippen LogP contribution in [0.5, 0.6) is 0 Å². The van der Waals surface area contributed by atoms with Crippen molar-refractivity contribution < 1.29 is 34.0 Å². The largest absolute Gasteiger partial charge is 0.443 e. The van der Waals surface area contributed by atoms with Crippen LogP contribution in [0.2, 0.25) is 0 Å². The highest BCUT2D eigenvalue weighted by Gasteiger charge is 2.37. The fourth-order valence-corrected chi connectivity index (χ4v) is 4.68. The summed E-state index contributed by atoms with van der Waals surface area (Å²) in [5.74, 6) is 0.286. The second-order valence-corrected chi connectivity index (χ2v) is 9.68. The molecule has 0 aromatic heterocycles. The Labute approximate surface area is 207 Å². The first-order chi connectivity index (χ1) is 16.8. The summed E-state index contributed by atoms with van der Waals surface area (Å²) in [6, 6.07) is 8.80. The molecule has 10 nitrogen and oxygen atoms in total. The normalized spacial score (nSPS) is 24.0. The number of carbonyl (C=O) groups excluding carboxylic acids is 2. The van der Waals surface area contributed by atoms with Crippen LogP contribution in [0.15, 0.2) is 30.3 Å². The minimum atomic E-state index is -0.912. The van der Waals surface area contributed by atoms with Gasteiger partial charge in [0.1, 0.15) is 12.9 Å². The number of aliphatic hydroxyl groups excluding tert-OH is 2. The Morgan fingerprint density at radius 2 is 2.00 bits per heavy atom. The monoisotopic (exact) mass is 493 g/mol. The van der Waals surface area contributed by atoms with Crippen molar-refractivity contribution in [3.8, 4) is 0 Å². The Kier molecular flexibility index (Phi) is 10.3. The molecule has 2 aliphatic heterocycles. The van der Waals surface area contributed by atoms with Gasteiger partial charge in [0.25, 0.3) is 0 Å². The Hall–Kier alpha value is -2.24. The molecule has 3 rings (SSSR count). The maximum Gasteiger partial charge on any atom is 0.410 e. The van der Waals surface area contributed by atoms with Gasteiger partial charge in [-0.2, -0.15) is 0 Å². The minimum Gasteiger partial charge on any atom is -0.443 e. The molecule has 0 bridgehead atoms. The van der Waals surface area contributed by atoms with E-state index in [2.05, 4.69) is 19.2 Å². The van der Waals surface area contributed by atoms with E-state index in [9.17, 15) is 14.7 Å². The second kappa shape index (κ2) is 13.2. The number of benzene rings is 1. The fraction of sp³-hybridized carbons (Fsp3) is 0.680. The molecule has 2 amide bonds. The van der Waals surface area contributed by atoms with Crippen LogP contribution in [0.25, 0.3) is 0 Å². The van der Waals surface area contributed by atoms with Crippen molar-refractivity contribution in [1.29, 1.82) is 0 Å². The number of ether oxygens (including phenoxy) is 3. The van der Waals surface area contributed by atoms with E-state index in [1.54, 1.807) is 7.05 Å². The number of aliphatic hydroxyl groups is 2. The highest BCUT2D eigenvalue weighted by atomic mass is 16.7. The van der Waals surface area contributed by atoms with Crippen LogP contribution in [0.3, 0.4) is 0 Å². The van der Waals surface area contributed by atoms with E-state index in [1.165, 1.54) is 4.90 Å². The lowest BCUT2D eigenvalue weighted by molar-refractivity contribution is -0.156. The zero-order valence-corrected chi connectivity index (χ0v) is 20.8. The number of hydrogen-bond acceptors (Lipinski definition) is 8. The summed E-state index contributed by atoms with van der Waals surface area (Å²) in [6.07, 6.45) is -1.16. The molecule has 2 aliphatic rings. The van der Waals surface area contributed by atoms with Gasteiger partial charge in [-0.25, -0.2) is 4.79 Å². The number of nitrogens with one attached hydrogen (secondary N) is 1. The summed E-state index contributed by atoms with van der Waals surface area (Å²) in [5.41, 5.74) is 0.978. The first kappa shape index (κ1) is 27.3. The first-order valence-electron chi connectivity index (χ1n) is 12.3. The van der Waals surface area contributed by atoms with Crippen molar-refractivity contribution in [2.24, 2.45) is 5.92 Å². The molecule has 1 aromatic carbocycles. The molecular weight excluding hydrogens is 454 g/mol. The number of hydrogen-bond donors (Lipinski definition) is 3. The Bertz CT molecular complexity index is 810. The van der Waals surface area contributed by atoms with Gasteiger partial charge in [-0.1, -0.05) is 44.2 Å². The average molecular weight is 494 g/mol. The van der Waals surface area contributed by atoms with Crippen LogP contribution in [-0.4, -0.2) is 103 Å². The van der Waals surface area contributed by atoms with Gasteiger partial charge in [0.2, 0.25) is 5.91 Å². The number of carbonyl (C=O) groups is 2. The average Bonchev–Trinajstić information content (AvgIpc) is 3.45. The maximum absolute atomic E-state index is 13.0. The SMILES string of the molecule is CC(C)CN(C[C@@H](O)[C@H](Cc1ccccc1)N(C)C(=O)O[C@H]1CO[C@@H](OCO)C1)[C@H]1CCNC1=O. The van der Waals surface area contributed by atoms with Crippen molar-refractivity contribution in [2.75, 3.05) is 40.1 Å². The molecule has 0 radical (unpaired) electrons. The van der Waals surface area contributed by atoms with Gasteiger partial charge in [-0.3, -0.25) is 9.69 Å². The highest BCUT2D eigenvalue weighted by Crippen LogP contribution is 2.21. The lowest BCUT2D eigenvalue weighted by atomic mass is 9.98. The molecule has 3 N–H and O–H groups in total. The van der Waals surface area contributed by atoms with Crippen LogP contribution in [0, 0.1) is 5.92 Å². The smallest absolute Gasteiger partial charge is 0.410 e. The topological polar surface area (TPSA) is 121 Å². The summed E-state index contributed by atoms with van der Waals surface area (Å²) < 4.78 is 16.0. The number of nitrogens with zero attached hydrogens (tertiary/aromatic N) is 2. The third kappa shape index (κ3) is 7.88. The van der Waals surface area contributed by atoms with E-state index in [-0.39, 0.29) is 25.1 Å². The predicted octanol–water partition coefficient (Wildman–Crippen LogP) is 0.955. The predicted molar refractivity (Wildman–Crippen MR) is 128 cm³/mol. The van der Waals surface area contributed by atoms with E-state index >= 15 is 0 Å². The minimum absolute atomic E-state index is 0.0221. The molecule has 35 heavy (non-hydrogen) atoms. The van der Waals surface area contributed by atoms with E-state index in [1.807, 2.05) is 35.2 Å². The molecule has 10 heteroatoms.